The fourth-order valence-corrected chi connectivity index (χ4v) is 1.71. The molecular weight excluding hydrogens is 214 g/mol. The molecule has 17 heavy (non-hydrogen) atoms. The molecule has 0 radical (unpaired) electrons. The van der Waals surface area contributed by atoms with E-state index in [1.54, 1.807) is 29.2 Å². The largest absolute Gasteiger partial charge is 0.508 e. The Morgan fingerprint density at radius 2 is 1.65 bits per heavy atom. The van der Waals surface area contributed by atoms with Gasteiger partial charge in [0, 0.05) is 17.1 Å². The second-order valence-electron chi connectivity index (χ2n) is 5.52. The maximum Gasteiger partial charge on any atom is 0.230 e. The lowest BCUT2D eigenvalue weighted by Gasteiger charge is -2.37. The van der Waals surface area contributed by atoms with Gasteiger partial charge in [0.05, 0.1) is 0 Å². The summed E-state index contributed by atoms with van der Waals surface area (Å²) in [5.74, 6) is 0.242. The molecule has 1 N–H and O–H groups in total. The van der Waals surface area contributed by atoms with Gasteiger partial charge in [-0.1, -0.05) is 13.8 Å². The van der Waals surface area contributed by atoms with E-state index in [1.165, 1.54) is 0 Å². The number of hydrogen-bond donors (Lipinski definition) is 1. The van der Waals surface area contributed by atoms with Crippen molar-refractivity contribution in [2.75, 3.05) is 4.90 Å². The molecule has 0 saturated heterocycles. The molecule has 0 aliphatic rings. The van der Waals surface area contributed by atoms with Crippen LogP contribution in [0.15, 0.2) is 24.3 Å². The average Bonchev–Trinajstić information content (AvgIpc) is 2.19. The molecule has 0 aliphatic carbocycles. The Morgan fingerprint density at radius 3 is 2.00 bits per heavy atom. The highest BCUT2D eigenvalue weighted by Crippen LogP contribution is 2.27. The van der Waals surface area contributed by atoms with E-state index in [0.717, 1.165) is 5.69 Å². The Labute approximate surface area is 103 Å². The summed E-state index contributed by atoms with van der Waals surface area (Å²) in [4.78, 5) is 14.0. The Morgan fingerprint density at radius 1 is 1.18 bits per heavy atom. The Kier molecular flexibility index (Phi) is 3.81. The van der Waals surface area contributed by atoms with Gasteiger partial charge >= 0.3 is 0 Å². The van der Waals surface area contributed by atoms with Gasteiger partial charge in [0.15, 0.2) is 0 Å². The minimum absolute atomic E-state index is 0.0528. The molecule has 0 fully saturated rings. The van der Waals surface area contributed by atoms with Crippen molar-refractivity contribution >= 4 is 11.6 Å². The van der Waals surface area contributed by atoms with Gasteiger partial charge in [0.25, 0.3) is 0 Å². The van der Waals surface area contributed by atoms with Crippen LogP contribution in [0.2, 0.25) is 0 Å². The van der Waals surface area contributed by atoms with Gasteiger partial charge in [0.2, 0.25) is 5.91 Å². The van der Waals surface area contributed by atoms with Gasteiger partial charge in [-0.3, -0.25) is 4.79 Å². The zero-order valence-corrected chi connectivity index (χ0v) is 11.2. The van der Waals surface area contributed by atoms with Gasteiger partial charge in [0.1, 0.15) is 5.75 Å². The maximum absolute atomic E-state index is 12.2. The molecule has 0 atom stereocenters. The summed E-state index contributed by atoms with van der Waals surface area (Å²) >= 11 is 0. The summed E-state index contributed by atoms with van der Waals surface area (Å²) in [6, 6.07) is 6.73. The molecule has 3 heteroatoms. The summed E-state index contributed by atoms with van der Waals surface area (Å²) in [5, 5.41) is 9.29. The zero-order valence-electron chi connectivity index (χ0n) is 11.2. The summed E-state index contributed by atoms with van der Waals surface area (Å²) in [6.45, 7) is 9.78. The first-order valence-corrected chi connectivity index (χ1v) is 5.86. The molecule has 1 aromatic carbocycles. The van der Waals surface area contributed by atoms with Crippen LogP contribution >= 0.6 is 0 Å². The van der Waals surface area contributed by atoms with Crippen molar-refractivity contribution in [3.63, 3.8) is 0 Å². The number of benzene rings is 1. The highest BCUT2D eigenvalue weighted by Gasteiger charge is 2.29. The van der Waals surface area contributed by atoms with Crippen molar-refractivity contribution < 1.29 is 9.90 Å². The highest BCUT2D eigenvalue weighted by atomic mass is 16.3. The van der Waals surface area contributed by atoms with Crippen molar-refractivity contribution in [3.05, 3.63) is 24.3 Å². The molecule has 0 heterocycles. The number of carbonyl (C=O) groups excluding carboxylic acids is 1. The summed E-state index contributed by atoms with van der Waals surface area (Å²) in [6.07, 6.45) is 0. The quantitative estimate of drug-likeness (QED) is 0.855. The third-order valence-corrected chi connectivity index (χ3v) is 2.49. The van der Waals surface area contributed by atoms with Crippen molar-refractivity contribution in [2.45, 2.75) is 40.2 Å². The third kappa shape index (κ3) is 3.22. The Balaban J connectivity index is 3.16. The number of nitrogens with zero attached hydrogens (tertiary/aromatic N) is 1. The molecular formula is C14H21NO2. The molecule has 94 valence electrons. The fraction of sp³-hybridized carbons (Fsp3) is 0.500. The number of hydrogen-bond acceptors (Lipinski definition) is 2. The van der Waals surface area contributed by atoms with Crippen LogP contribution < -0.4 is 4.90 Å². The molecule has 0 aliphatic heterocycles. The van der Waals surface area contributed by atoms with Crippen molar-refractivity contribution in [2.24, 2.45) is 5.92 Å². The minimum atomic E-state index is -0.279. The first kappa shape index (κ1) is 13.6. The van der Waals surface area contributed by atoms with Crippen molar-refractivity contribution in [3.8, 4) is 5.75 Å². The smallest absolute Gasteiger partial charge is 0.230 e. The molecule has 3 nitrogen and oxygen atoms in total. The van der Waals surface area contributed by atoms with Crippen LogP contribution in [0.25, 0.3) is 0 Å². The molecule has 1 rings (SSSR count). The van der Waals surface area contributed by atoms with E-state index >= 15 is 0 Å². The standard InChI is InChI=1S/C14H21NO2/c1-10(2)13(17)15(14(3,4)5)11-6-8-12(16)9-7-11/h6-10,16H,1-5H3. The minimum Gasteiger partial charge on any atom is -0.508 e. The van der Waals surface area contributed by atoms with Crippen molar-refractivity contribution in [1.82, 2.24) is 0 Å². The SMILES string of the molecule is CC(C)C(=O)N(c1ccc(O)cc1)C(C)(C)C. The van der Waals surface area contributed by atoms with Crippen LogP contribution in [0, 0.1) is 5.92 Å². The molecule has 0 bridgehead atoms. The third-order valence-electron chi connectivity index (χ3n) is 2.49. The van der Waals surface area contributed by atoms with Gasteiger partial charge in [-0.25, -0.2) is 0 Å². The number of phenols is 1. The second kappa shape index (κ2) is 4.78. The second-order valence-corrected chi connectivity index (χ2v) is 5.52. The number of phenolic OH excluding ortho intramolecular Hbond substituents is 1. The van der Waals surface area contributed by atoms with E-state index in [-0.39, 0.29) is 23.1 Å². The predicted molar refractivity (Wildman–Crippen MR) is 70.2 cm³/mol. The number of rotatable bonds is 2. The average molecular weight is 235 g/mol. The molecule has 1 amide bonds. The van der Waals surface area contributed by atoms with Gasteiger partial charge in [-0.2, -0.15) is 0 Å². The van der Waals surface area contributed by atoms with E-state index in [2.05, 4.69) is 0 Å². The zero-order chi connectivity index (χ0) is 13.2. The Bertz CT molecular complexity index is 388. The van der Waals surface area contributed by atoms with Crippen LogP contribution in [0.4, 0.5) is 5.69 Å². The lowest BCUT2D eigenvalue weighted by atomic mass is 10.0. The van der Waals surface area contributed by atoms with Crippen LogP contribution in [0.5, 0.6) is 5.75 Å². The molecule has 0 aromatic heterocycles. The van der Waals surface area contributed by atoms with E-state index in [1.807, 2.05) is 34.6 Å². The lowest BCUT2D eigenvalue weighted by Crippen LogP contribution is -2.47. The maximum atomic E-state index is 12.2. The number of carbonyl (C=O) groups is 1. The van der Waals surface area contributed by atoms with Crippen LogP contribution in [0.1, 0.15) is 34.6 Å². The van der Waals surface area contributed by atoms with Crippen LogP contribution in [0.3, 0.4) is 0 Å². The topological polar surface area (TPSA) is 40.5 Å². The first-order chi connectivity index (χ1) is 7.73. The van der Waals surface area contributed by atoms with Gasteiger partial charge in [-0.05, 0) is 45.0 Å². The van der Waals surface area contributed by atoms with Crippen LogP contribution in [-0.2, 0) is 4.79 Å². The Hall–Kier alpha value is -1.51. The highest BCUT2D eigenvalue weighted by molar-refractivity contribution is 5.95. The molecule has 0 spiro atoms. The predicted octanol–water partition coefficient (Wildman–Crippen LogP) is 3.18. The van der Waals surface area contributed by atoms with E-state index in [9.17, 15) is 9.90 Å². The van der Waals surface area contributed by atoms with E-state index in [4.69, 9.17) is 0 Å². The monoisotopic (exact) mass is 235 g/mol. The number of anilines is 1. The molecule has 0 unspecified atom stereocenters. The summed E-state index contributed by atoms with van der Waals surface area (Å²) in [7, 11) is 0. The lowest BCUT2D eigenvalue weighted by molar-refractivity contribution is -0.122. The van der Waals surface area contributed by atoms with E-state index in [0.29, 0.717) is 0 Å². The molecule has 0 saturated carbocycles. The van der Waals surface area contributed by atoms with Crippen molar-refractivity contribution in [1.29, 1.82) is 0 Å². The number of aromatic hydroxyl groups is 1. The molecule has 1 aromatic rings. The number of amides is 1. The summed E-state index contributed by atoms with van der Waals surface area (Å²) in [5.41, 5.74) is 0.534. The fourth-order valence-electron chi connectivity index (χ4n) is 1.71. The first-order valence-electron chi connectivity index (χ1n) is 5.86. The van der Waals surface area contributed by atoms with E-state index < -0.39 is 0 Å². The van der Waals surface area contributed by atoms with Gasteiger partial charge in [-0.15, -0.1) is 0 Å². The summed E-state index contributed by atoms with van der Waals surface area (Å²) < 4.78 is 0. The van der Waals surface area contributed by atoms with Crippen LogP contribution in [-0.4, -0.2) is 16.6 Å². The van der Waals surface area contributed by atoms with Gasteiger partial charge < -0.3 is 10.0 Å². The normalized spacial score (nSPS) is 11.6.